The number of thiazole rings is 1. The maximum Gasteiger partial charge on any atom is 0.206 e. The number of hydrogen-bond acceptors (Lipinski definition) is 4. The van der Waals surface area contributed by atoms with Crippen molar-refractivity contribution in [3.05, 3.63) is 45.4 Å². The first-order chi connectivity index (χ1) is 7.18. The molecule has 0 spiro atoms. The molecule has 1 aromatic heterocycles. The lowest BCUT2D eigenvalue weighted by atomic mass is 10.1. The van der Waals surface area contributed by atoms with E-state index in [1.807, 2.05) is 0 Å². The minimum absolute atomic E-state index is 0.123. The maximum atomic E-state index is 11.9. The van der Waals surface area contributed by atoms with Gasteiger partial charge in [0.15, 0.2) is 0 Å². The number of aromatic nitrogens is 1. The van der Waals surface area contributed by atoms with Gasteiger partial charge < -0.3 is 5.73 Å². The van der Waals surface area contributed by atoms with Gasteiger partial charge in [-0.2, -0.15) is 0 Å². The number of carbonyl (C=O) groups excluding carboxylic acids is 1. The molecule has 76 valence electrons. The second-order valence-electron chi connectivity index (χ2n) is 2.93. The minimum atomic E-state index is -0.123. The Morgan fingerprint density at radius 2 is 2.27 bits per heavy atom. The Morgan fingerprint density at radius 1 is 1.47 bits per heavy atom. The van der Waals surface area contributed by atoms with Crippen molar-refractivity contribution in [3.63, 3.8) is 0 Å². The van der Waals surface area contributed by atoms with Crippen LogP contribution in [0.2, 0.25) is 5.02 Å². The molecule has 0 aliphatic heterocycles. The average Bonchev–Trinajstić information content (AvgIpc) is 2.69. The number of ketones is 1. The highest BCUT2D eigenvalue weighted by molar-refractivity contribution is 7.11. The van der Waals surface area contributed by atoms with E-state index in [1.54, 1.807) is 23.7 Å². The molecule has 0 amide bonds. The number of nitrogens with zero attached hydrogens (tertiary/aromatic N) is 1. The number of benzene rings is 1. The minimum Gasteiger partial charge on any atom is -0.399 e. The van der Waals surface area contributed by atoms with Crippen molar-refractivity contribution in [2.75, 3.05) is 5.73 Å². The van der Waals surface area contributed by atoms with E-state index >= 15 is 0 Å². The van der Waals surface area contributed by atoms with Crippen LogP contribution in [-0.2, 0) is 0 Å². The molecule has 0 aliphatic carbocycles. The molecular formula is C10H7ClN2OS. The van der Waals surface area contributed by atoms with Crippen LogP contribution in [0.4, 0.5) is 5.69 Å². The van der Waals surface area contributed by atoms with Gasteiger partial charge in [0.25, 0.3) is 0 Å². The number of rotatable bonds is 2. The smallest absolute Gasteiger partial charge is 0.206 e. The van der Waals surface area contributed by atoms with Crippen molar-refractivity contribution in [1.29, 1.82) is 0 Å². The SMILES string of the molecule is Nc1ccc(C(=O)c2cncs2)c(Cl)c1. The Bertz CT molecular complexity index is 496. The van der Waals surface area contributed by atoms with Crippen LogP contribution in [0.15, 0.2) is 29.9 Å². The van der Waals surface area contributed by atoms with E-state index in [0.29, 0.717) is 21.2 Å². The maximum absolute atomic E-state index is 11.9. The van der Waals surface area contributed by atoms with E-state index in [-0.39, 0.29) is 5.78 Å². The van der Waals surface area contributed by atoms with Crippen LogP contribution in [0.1, 0.15) is 15.2 Å². The predicted octanol–water partition coefficient (Wildman–Crippen LogP) is 2.61. The standard InChI is InChI=1S/C10H7ClN2OS/c11-8-3-6(12)1-2-7(8)10(14)9-4-13-5-15-9/h1-5H,12H2. The lowest BCUT2D eigenvalue weighted by molar-refractivity contribution is 0.104. The molecule has 0 radical (unpaired) electrons. The van der Waals surface area contributed by atoms with Crippen LogP contribution in [0.5, 0.6) is 0 Å². The van der Waals surface area contributed by atoms with Crippen LogP contribution in [-0.4, -0.2) is 10.8 Å². The van der Waals surface area contributed by atoms with Gasteiger partial charge in [0.1, 0.15) is 0 Å². The Balaban J connectivity index is 2.42. The van der Waals surface area contributed by atoms with E-state index in [0.717, 1.165) is 0 Å². The molecule has 0 fully saturated rings. The zero-order valence-electron chi connectivity index (χ0n) is 7.61. The summed E-state index contributed by atoms with van der Waals surface area (Å²) in [5, 5.41) is 0.369. The van der Waals surface area contributed by atoms with Gasteiger partial charge in [-0.25, -0.2) is 0 Å². The second-order valence-corrected chi connectivity index (χ2v) is 4.23. The van der Waals surface area contributed by atoms with Crippen LogP contribution in [0.3, 0.4) is 0 Å². The zero-order chi connectivity index (χ0) is 10.8. The molecule has 0 atom stereocenters. The van der Waals surface area contributed by atoms with Gasteiger partial charge in [-0.15, -0.1) is 11.3 Å². The van der Waals surface area contributed by atoms with Crippen molar-refractivity contribution in [1.82, 2.24) is 4.98 Å². The van der Waals surface area contributed by atoms with Crippen LogP contribution in [0.25, 0.3) is 0 Å². The summed E-state index contributed by atoms with van der Waals surface area (Å²) in [4.78, 5) is 16.3. The second kappa shape index (κ2) is 4.00. The van der Waals surface area contributed by atoms with Gasteiger partial charge >= 0.3 is 0 Å². The summed E-state index contributed by atoms with van der Waals surface area (Å²) in [5.74, 6) is -0.123. The van der Waals surface area contributed by atoms with Gasteiger partial charge in [-0.1, -0.05) is 11.6 Å². The Kier molecular flexibility index (Phi) is 2.70. The lowest BCUT2D eigenvalue weighted by Gasteiger charge is -2.01. The number of halogens is 1. The summed E-state index contributed by atoms with van der Waals surface area (Å²) in [6, 6.07) is 4.84. The van der Waals surface area contributed by atoms with Gasteiger partial charge in [0.2, 0.25) is 5.78 Å². The summed E-state index contributed by atoms with van der Waals surface area (Å²) in [7, 11) is 0. The molecule has 2 N–H and O–H groups in total. The third-order valence-corrected chi connectivity index (χ3v) is 2.98. The summed E-state index contributed by atoms with van der Waals surface area (Å²) in [6.07, 6.45) is 1.53. The van der Waals surface area contributed by atoms with Crippen LogP contribution >= 0.6 is 22.9 Å². The molecule has 1 aromatic carbocycles. The van der Waals surface area contributed by atoms with E-state index < -0.39 is 0 Å². The number of nitrogen functional groups attached to an aromatic ring is 1. The number of carbonyl (C=O) groups is 1. The van der Waals surface area contributed by atoms with Crippen molar-refractivity contribution < 1.29 is 4.79 Å². The van der Waals surface area contributed by atoms with Crippen molar-refractivity contribution in [2.45, 2.75) is 0 Å². The third-order valence-electron chi connectivity index (χ3n) is 1.89. The van der Waals surface area contributed by atoms with Gasteiger partial charge in [0.05, 0.1) is 15.4 Å². The zero-order valence-corrected chi connectivity index (χ0v) is 9.18. The summed E-state index contributed by atoms with van der Waals surface area (Å²) < 4.78 is 0. The van der Waals surface area contributed by atoms with Crippen molar-refractivity contribution in [2.24, 2.45) is 0 Å². The molecular weight excluding hydrogens is 232 g/mol. The number of nitrogens with two attached hydrogens (primary N) is 1. The fraction of sp³-hybridized carbons (Fsp3) is 0. The Hall–Kier alpha value is -1.39. The molecule has 0 saturated heterocycles. The first kappa shape index (κ1) is 10.1. The molecule has 2 aromatic rings. The number of hydrogen-bond donors (Lipinski definition) is 1. The van der Waals surface area contributed by atoms with Crippen molar-refractivity contribution >= 4 is 34.4 Å². The summed E-state index contributed by atoms with van der Waals surface area (Å²) >= 11 is 7.21. The molecule has 2 rings (SSSR count). The fourth-order valence-electron chi connectivity index (χ4n) is 1.18. The van der Waals surface area contributed by atoms with Gasteiger partial charge in [-0.3, -0.25) is 9.78 Å². The average molecular weight is 239 g/mol. The molecule has 0 unspecified atom stereocenters. The van der Waals surface area contributed by atoms with Crippen molar-refractivity contribution in [3.8, 4) is 0 Å². The normalized spacial score (nSPS) is 10.2. The molecule has 0 aliphatic rings. The topological polar surface area (TPSA) is 56.0 Å². The summed E-state index contributed by atoms with van der Waals surface area (Å²) in [5.41, 5.74) is 8.15. The Labute approximate surface area is 95.5 Å². The van der Waals surface area contributed by atoms with E-state index in [9.17, 15) is 4.79 Å². The highest BCUT2D eigenvalue weighted by atomic mass is 35.5. The van der Waals surface area contributed by atoms with E-state index in [1.165, 1.54) is 17.5 Å². The fourth-order valence-corrected chi connectivity index (χ4v) is 2.02. The molecule has 5 heteroatoms. The summed E-state index contributed by atoms with van der Waals surface area (Å²) in [6.45, 7) is 0. The molecule has 1 heterocycles. The predicted molar refractivity (Wildman–Crippen MR) is 61.4 cm³/mol. The largest absolute Gasteiger partial charge is 0.399 e. The van der Waals surface area contributed by atoms with Gasteiger partial charge in [-0.05, 0) is 18.2 Å². The van der Waals surface area contributed by atoms with Crippen LogP contribution < -0.4 is 5.73 Å². The highest BCUT2D eigenvalue weighted by Crippen LogP contribution is 2.23. The van der Waals surface area contributed by atoms with Crippen LogP contribution in [0, 0.1) is 0 Å². The first-order valence-electron chi connectivity index (χ1n) is 4.16. The monoisotopic (exact) mass is 238 g/mol. The molecule has 3 nitrogen and oxygen atoms in total. The highest BCUT2D eigenvalue weighted by Gasteiger charge is 2.13. The lowest BCUT2D eigenvalue weighted by Crippen LogP contribution is -2.00. The quantitative estimate of drug-likeness (QED) is 0.646. The number of anilines is 1. The molecule has 15 heavy (non-hydrogen) atoms. The first-order valence-corrected chi connectivity index (χ1v) is 5.42. The molecule has 0 saturated carbocycles. The Morgan fingerprint density at radius 3 is 2.87 bits per heavy atom. The van der Waals surface area contributed by atoms with Gasteiger partial charge in [0, 0.05) is 17.4 Å². The van der Waals surface area contributed by atoms with E-state index in [4.69, 9.17) is 17.3 Å². The molecule has 0 bridgehead atoms. The van der Waals surface area contributed by atoms with E-state index in [2.05, 4.69) is 4.98 Å². The third kappa shape index (κ3) is 2.00.